The van der Waals surface area contributed by atoms with Crippen LogP contribution in [-0.4, -0.2) is 34.7 Å². The Morgan fingerprint density at radius 2 is 2.15 bits per heavy atom. The molecule has 1 fully saturated rings. The summed E-state index contributed by atoms with van der Waals surface area (Å²) in [5, 5.41) is 4.04. The zero-order valence-corrected chi connectivity index (χ0v) is 12.7. The lowest BCUT2D eigenvalue weighted by atomic mass is 10.2. The SMILES string of the molecule is Cc1cc(-c2nc(C(N)CN3CCCC3)no2)sc1C. The minimum atomic E-state index is -0.173. The number of nitrogens with two attached hydrogens (primary N) is 1. The second-order valence-corrected chi connectivity index (χ2v) is 6.68. The van der Waals surface area contributed by atoms with Crippen LogP contribution in [0.1, 0.15) is 35.1 Å². The van der Waals surface area contributed by atoms with E-state index in [1.165, 1.54) is 23.3 Å². The van der Waals surface area contributed by atoms with Gasteiger partial charge in [-0.2, -0.15) is 4.98 Å². The molecular formula is C14H20N4OS. The average molecular weight is 292 g/mol. The van der Waals surface area contributed by atoms with E-state index in [4.69, 9.17) is 10.3 Å². The molecule has 1 saturated heterocycles. The predicted octanol–water partition coefficient (Wildman–Crippen LogP) is 2.51. The third-order valence-electron chi connectivity index (χ3n) is 3.80. The summed E-state index contributed by atoms with van der Waals surface area (Å²) < 4.78 is 5.36. The summed E-state index contributed by atoms with van der Waals surface area (Å²) in [5.74, 6) is 1.19. The van der Waals surface area contributed by atoms with Crippen molar-refractivity contribution in [3.8, 4) is 10.8 Å². The molecule has 20 heavy (non-hydrogen) atoms. The largest absolute Gasteiger partial charge is 0.333 e. The van der Waals surface area contributed by atoms with E-state index < -0.39 is 0 Å². The summed E-state index contributed by atoms with van der Waals surface area (Å²) in [6, 6.07) is 1.91. The zero-order chi connectivity index (χ0) is 14.1. The van der Waals surface area contributed by atoms with Crippen LogP contribution in [0.15, 0.2) is 10.6 Å². The molecule has 0 aromatic carbocycles. The van der Waals surface area contributed by atoms with Crippen molar-refractivity contribution >= 4 is 11.3 Å². The Morgan fingerprint density at radius 3 is 2.80 bits per heavy atom. The minimum Gasteiger partial charge on any atom is -0.333 e. The number of hydrogen-bond acceptors (Lipinski definition) is 6. The first-order valence-corrected chi connectivity index (χ1v) is 7.84. The van der Waals surface area contributed by atoms with Gasteiger partial charge in [0, 0.05) is 11.4 Å². The Hall–Kier alpha value is -1.24. The molecule has 2 aromatic heterocycles. The highest BCUT2D eigenvalue weighted by Crippen LogP contribution is 2.30. The van der Waals surface area contributed by atoms with Crippen LogP contribution in [0.4, 0.5) is 0 Å². The molecule has 108 valence electrons. The number of hydrogen-bond donors (Lipinski definition) is 1. The smallest absolute Gasteiger partial charge is 0.268 e. The van der Waals surface area contributed by atoms with E-state index in [-0.39, 0.29) is 6.04 Å². The van der Waals surface area contributed by atoms with Crippen molar-refractivity contribution in [2.75, 3.05) is 19.6 Å². The van der Waals surface area contributed by atoms with E-state index in [1.807, 2.05) is 0 Å². The van der Waals surface area contributed by atoms with Gasteiger partial charge in [-0.25, -0.2) is 0 Å². The average Bonchev–Trinajstić information content (AvgIpc) is 3.12. The molecule has 3 heterocycles. The van der Waals surface area contributed by atoms with E-state index in [0.29, 0.717) is 11.7 Å². The summed E-state index contributed by atoms with van der Waals surface area (Å²) in [4.78, 5) is 9.12. The molecule has 1 unspecified atom stereocenters. The molecule has 2 N–H and O–H groups in total. The fourth-order valence-electron chi connectivity index (χ4n) is 2.49. The van der Waals surface area contributed by atoms with Gasteiger partial charge in [0.1, 0.15) is 0 Å². The fraction of sp³-hybridized carbons (Fsp3) is 0.571. The first-order valence-electron chi connectivity index (χ1n) is 7.02. The lowest BCUT2D eigenvalue weighted by molar-refractivity contribution is 0.306. The van der Waals surface area contributed by atoms with Crippen molar-refractivity contribution in [1.82, 2.24) is 15.0 Å². The highest BCUT2D eigenvalue weighted by atomic mass is 32.1. The van der Waals surface area contributed by atoms with E-state index in [2.05, 4.69) is 35.0 Å². The van der Waals surface area contributed by atoms with Gasteiger partial charge >= 0.3 is 0 Å². The van der Waals surface area contributed by atoms with Gasteiger partial charge in [0.05, 0.1) is 10.9 Å². The van der Waals surface area contributed by atoms with Crippen LogP contribution in [0, 0.1) is 13.8 Å². The van der Waals surface area contributed by atoms with Crippen molar-refractivity contribution in [2.45, 2.75) is 32.7 Å². The van der Waals surface area contributed by atoms with Crippen LogP contribution < -0.4 is 5.73 Å². The number of thiophene rings is 1. The summed E-state index contributed by atoms with van der Waals surface area (Å²) in [7, 11) is 0. The Morgan fingerprint density at radius 1 is 1.40 bits per heavy atom. The molecule has 5 nitrogen and oxygen atoms in total. The number of likely N-dealkylation sites (tertiary alicyclic amines) is 1. The van der Waals surface area contributed by atoms with Crippen LogP contribution in [0.3, 0.4) is 0 Å². The van der Waals surface area contributed by atoms with Crippen molar-refractivity contribution in [1.29, 1.82) is 0 Å². The van der Waals surface area contributed by atoms with E-state index in [1.54, 1.807) is 11.3 Å². The molecule has 1 aliphatic rings. The highest BCUT2D eigenvalue weighted by Gasteiger charge is 2.21. The van der Waals surface area contributed by atoms with Gasteiger partial charge in [-0.15, -0.1) is 11.3 Å². The minimum absolute atomic E-state index is 0.173. The van der Waals surface area contributed by atoms with E-state index in [0.717, 1.165) is 24.5 Å². The molecule has 6 heteroatoms. The number of aromatic nitrogens is 2. The maximum atomic E-state index is 6.18. The van der Waals surface area contributed by atoms with Gasteiger partial charge < -0.3 is 15.2 Å². The Kier molecular flexibility index (Phi) is 3.87. The lowest BCUT2D eigenvalue weighted by Gasteiger charge is -2.17. The Bertz CT molecular complexity index is 566. The number of rotatable bonds is 4. The molecule has 3 rings (SSSR count). The molecule has 0 bridgehead atoms. The van der Waals surface area contributed by atoms with Crippen LogP contribution in [0.25, 0.3) is 10.8 Å². The predicted molar refractivity (Wildman–Crippen MR) is 79.7 cm³/mol. The van der Waals surface area contributed by atoms with Gasteiger partial charge in [0.15, 0.2) is 5.82 Å². The molecule has 1 atom stereocenters. The highest BCUT2D eigenvalue weighted by molar-refractivity contribution is 7.15. The van der Waals surface area contributed by atoms with Crippen LogP contribution in [0.2, 0.25) is 0 Å². The summed E-state index contributed by atoms with van der Waals surface area (Å²) in [5.41, 5.74) is 7.43. The third-order valence-corrected chi connectivity index (χ3v) is 4.94. The molecule has 0 radical (unpaired) electrons. The quantitative estimate of drug-likeness (QED) is 0.937. The summed E-state index contributed by atoms with van der Waals surface area (Å²) in [6.07, 6.45) is 2.52. The van der Waals surface area contributed by atoms with Crippen molar-refractivity contribution in [3.05, 3.63) is 22.3 Å². The van der Waals surface area contributed by atoms with E-state index in [9.17, 15) is 0 Å². The van der Waals surface area contributed by atoms with E-state index >= 15 is 0 Å². The van der Waals surface area contributed by atoms with Gasteiger partial charge in [0.25, 0.3) is 5.89 Å². The maximum Gasteiger partial charge on any atom is 0.268 e. The molecule has 0 spiro atoms. The molecule has 0 amide bonds. The number of aryl methyl sites for hydroxylation is 2. The Balaban J connectivity index is 1.72. The van der Waals surface area contributed by atoms with Crippen molar-refractivity contribution in [3.63, 3.8) is 0 Å². The second kappa shape index (κ2) is 5.63. The molecule has 2 aromatic rings. The lowest BCUT2D eigenvalue weighted by Crippen LogP contribution is -2.30. The van der Waals surface area contributed by atoms with Gasteiger partial charge in [-0.1, -0.05) is 5.16 Å². The molecule has 0 aliphatic carbocycles. The fourth-order valence-corrected chi connectivity index (χ4v) is 3.44. The van der Waals surface area contributed by atoms with Crippen molar-refractivity contribution in [2.24, 2.45) is 5.73 Å². The van der Waals surface area contributed by atoms with Gasteiger partial charge in [-0.3, -0.25) is 0 Å². The number of nitrogens with zero attached hydrogens (tertiary/aromatic N) is 3. The van der Waals surface area contributed by atoms with Crippen molar-refractivity contribution < 1.29 is 4.52 Å². The molecule has 1 aliphatic heterocycles. The summed E-state index contributed by atoms with van der Waals surface area (Å²) >= 11 is 1.68. The molecule has 0 saturated carbocycles. The van der Waals surface area contributed by atoms with Gasteiger partial charge in [-0.05, 0) is 51.4 Å². The first kappa shape index (κ1) is 13.7. The molecular weight excluding hydrogens is 272 g/mol. The second-order valence-electron chi connectivity index (χ2n) is 5.42. The van der Waals surface area contributed by atoms with Crippen LogP contribution >= 0.6 is 11.3 Å². The van der Waals surface area contributed by atoms with Crippen LogP contribution in [0.5, 0.6) is 0 Å². The summed E-state index contributed by atoms with van der Waals surface area (Å²) in [6.45, 7) is 7.25. The monoisotopic (exact) mass is 292 g/mol. The zero-order valence-electron chi connectivity index (χ0n) is 11.9. The Labute approximate surface area is 122 Å². The topological polar surface area (TPSA) is 68.2 Å². The normalized spacial score (nSPS) is 17.8. The van der Waals surface area contributed by atoms with Gasteiger partial charge in [0.2, 0.25) is 0 Å². The standard InChI is InChI=1S/C14H20N4OS/c1-9-7-12(20-10(9)2)14-16-13(17-19-14)11(15)8-18-5-3-4-6-18/h7,11H,3-6,8,15H2,1-2H3. The third kappa shape index (κ3) is 2.77. The maximum absolute atomic E-state index is 6.18. The van der Waals surface area contributed by atoms with Crippen LogP contribution in [-0.2, 0) is 0 Å². The first-order chi connectivity index (χ1) is 9.63.